The molecule has 2 aromatic rings. The van der Waals surface area contributed by atoms with Crippen LogP contribution in [0.1, 0.15) is 24.8 Å². The van der Waals surface area contributed by atoms with Crippen molar-refractivity contribution in [3.05, 3.63) is 40.1 Å². The maximum absolute atomic E-state index is 11.0. The number of aromatic amines is 1. The Bertz CT molecular complexity index is 618. The second-order valence-corrected chi connectivity index (χ2v) is 4.01. The van der Waals surface area contributed by atoms with Crippen LogP contribution >= 0.6 is 0 Å². The maximum atomic E-state index is 11.0. The fourth-order valence-corrected chi connectivity index (χ4v) is 2.05. The lowest BCUT2D eigenvalue weighted by Gasteiger charge is -2.14. The van der Waals surface area contributed by atoms with E-state index in [1.807, 2.05) is 0 Å². The van der Waals surface area contributed by atoms with E-state index < -0.39 is 16.8 Å². The fraction of sp³-hybridized carbons (Fsp3) is 0.250. The van der Waals surface area contributed by atoms with Crippen LogP contribution < -0.4 is 5.11 Å². The number of hydrogen-bond donors (Lipinski definition) is 1. The van der Waals surface area contributed by atoms with Gasteiger partial charge in [0.1, 0.15) is 0 Å². The lowest BCUT2D eigenvalue weighted by Crippen LogP contribution is -2.29. The van der Waals surface area contributed by atoms with Gasteiger partial charge < -0.3 is 14.9 Å². The number of fused-ring (bicyclic) bond motifs is 1. The third kappa shape index (κ3) is 1.92. The molecular formula is C12H11N2O4-. The van der Waals surface area contributed by atoms with E-state index in [-0.39, 0.29) is 5.69 Å². The van der Waals surface area contributed by atoms with E-state index in [1.165, 1.54) is 12.1 Å². The molecular weight excluding hydrogens is 236 g/mol. The van der Waals surface area contributed by atoms with Crippen molar-refractivity contribution < 1.29 is 14.8 Å². The Morgan fingerprint density at radius 2 is 2.22 bits per heavy atom. The number of hydrogen-bond acceptors (Lipinski definition) is 4. The Hall–Kier alpha value is -2.37. The molecule has 1 N–H and O–H groups in total. The number of nitro groups is 1. The molecule has 1 aromatic heterocycles. The summed E-state index contributed by atoms with van der Waals surface area (Å²) < 4.78 is 0. The fourth-order valence-electron chi connectivity index (χ4n) is 2.05. The first kappa shape index (κ1) is 12.1. The molecule has 0 aliphatic heterocycles. The molecule has 6 heteroatoms. The van der Waals surface area contributed by atoms with Crippen LogP contribution in [0.15, 0.2) is 24.4 Å². The van der Waals surface area contributed by atoms with Gasteiger partial charge in [0.25, 0.3) is 5.69 Å². The normalized spacial score (nSPS) is 12.5. The summed E-state index contributed by atoms with van der Waals surface area (Å²) in [4.78, 5) is 24.2. The van der Waals surface area contributed by atoms with Crippen molar-refractivity contribution in [3.63, 3.8) is 0 Å². The van der Waals surface area contributed by atoms with Gasteiger partial charge in [-0.2, -0.15) is 0 Å². The van der Waals surface area contributed by atoms with Crippen LogP contribution in [0.2, 0.25) is 0 Å². The standard InChI is InChI=1S/C12H12N2O4/c1-2-8(12(15)16)10-6-13-11-4-3-7(14(17)18)5-9(10)11/h3-6,8,13H,2H2,1H3,(H,15,16)/p-1. The minimum atomic E-state index is -1.18. The summed E-state index contributed by atoms with van der Waals surface area (Å²) in [5.74, 6) is -1.94. The van der Waals surface area contributed by atoms with Gasteiger partial charge in [0.15, 0.2) is 0 Å². The van der Waals surface area contributed by atoms with Crippen LogP contribution in [0.25, 0.3) is 10.9 Å². The predicted octanol–water partition coefficient (Wildman–Crippen LogP) is 1.32. The molecule has 0 fully saturated rings. The smallest absolute Gasteiger partial charge is 0.270 e. The molecule has 0 aliphatic rings. The molecule has 0 saturated heterocycles. The second kappa shape index (κ2) is 4.48. The third-order valence-electron chi connectivity index (χ3n) is 2.98. The molecule has 1 heterocycles. The molecule has 94 valence electrons. The second-order valence-electron chi connectivity index (χ2n) is 4.01. The highest BCUT2D eigenvalue weighted by atomic mass is 16.6. The number of nitrogens with one attached hydrogen (secondary N) is 1. The van der Waals surface area contributed by atoms with Gasteiger partial charge in [0.2, 0.25) is 0 Å². The lowest BCUT2D eigenvalue weighted by molar-refractivity contribution is -0.384. The lowest BCUT2D eigenvalue weighted by atomic mass is 9.96. The van der Waals surface area contributed by atoms with E-state index >= 15 is 0 Å². The van der Waals surface area contributed by atoms with Gasteiger partial charge in [-0.1, -0.05) is 6.92 Å². The van der Waals surface area contributed by atoms with Gasteiger partial charge >= 0.3 is 0 Å². The van der Waals surface area contributed by atoms with Crippen LogP contribution in [0.3, 0.4) is 0 Å². The summed E-state index contributed by atoms with van der Waals surface area (Å²) in [6.45, 7) is 1.73. The number of rotatable bonds is 4. The van der Waals surface area contributed by atoms with Gasteiger partial charge in [-0.25, -0.2) is 0 Å². The summed E-state index contributed by atoms with van der Waals surface area (Å²) in [5, 5.41) is 22.3. The molecule has 18 heavy (non-hydrogen) atoms. The van der Waals surface area contributed by atoms with Gasteiger partial charge in [0, 0.05) is 41.1 Å². The quantitative estimate of drug-likeness (QED) is 0.650. The minimum Gasteiger partial charge on any atom is -0.549 e. The van der Waals surface area contributed by atoms with Gasteiger partial charge in [-0.3, -0.25) is 10.1 Å². The van der Waals surface area contributed by atoms with E-state index in [0.29, 0.717) is 22.9 Å². The monoisotopic (exact) mass is 247 g/mol. The zero-order chi connectivity index (χ0) is 13.3. The number of carbonyl (C=O) groups excluding carboxylic acids is 1. The number of nitro benzene ring substituents is 1. The maximum Gasteiger partial charge on any atom is 0.270 e. The number of carboxylic acids is 1. The Labute approximate surface area is 102 Å². The highest BCUT2D eigenvalue weighted by molar-refractivity contribution is 5.90. The SMILES string of the molecule is CCC(C(=O)[O-])c1c[nH]c2ccc([N+](=O)[O-])cc12. The van der Waals surface area contributed by atoms with Crippen LogP contribution in [-0.4, -0.2) is 15.9 Å². The topological polar surface area (TPSA) is 99.1 Å². The molecule has 0 amide bonds. The Balaban J connectivity index is 2.61. The zero-order valence-electron chi connectivity index (χ0n) is 9.67. The Morgan fingerprint density at radius 3 is 2.78 bits per heavy atom. The number of carbonyl (C=O) groups is 1. The molecule has 0 bridgehead atoms. The number of H-pyrrole nitrogens is 1. The highest BCUT2D eigenvalue weighted by Crippen LogP contribution is 2.30. The minimum absolute atomic E-state index is 0.0587. The third-order valence-corrected chi connectivity index (χ3v) is 2.98. The summed E-state index contributed by atoms with van der Waals surface area (Å²) >= 11 is 0. The largest absolute Gasteiger partial charge is 0.549 e. The zero-order valence-corrected chi connectivity index (χ0v) is 9.67. The molecule has 0 aliphatic carbocycles. The number of carboxylic acid groups (broad SMARTS) is 1. The molecule has 6 nitrogen and oxygen atoms in total. The van der Waals surface area contributed by atoms with Crippen molar-refractivity contribution in [1.82, 2.24) is 4.98 Å². The van der Waals surface area contributed by atoms with Crippen molar-refractivity contribution in [3.8, 4) is 0 Å². The van der Waals surface area contributed by atoms with Crippen molar-refractivity contribution in [1.29, 1.82) is 0 Å². The molecule has 2 rings (SSSR count). The van der Waals surface area contributed by atoms with E-state index in [2.05, 4.69) is 4.98 Å². The molecule has 1 aromatic carbocycles. The first-order chi connectivity index (χ1) is 8.54. The van der Waals surface area contributed by atoms with Gasteiger partial charge in [-0.15, -0.1) is 0 Å². The van der Waals surface area contributed by atoms with Crippen LogP contribution in [0.4, 0.5) is 5.69 Å². The highest BCUT2D eigenvalue weighted by Gasteiger charge is 2.17. The molecule has 1 unspecified atom stereocenters. The molecule has 1 atom stereocenters. The first-order valence-electron chi connectivity index (χ1n) is 5.51. The first-order valence-corrected chi connectivity index (χ1v) is 5.51. The van der Waals surface area contributed by atoms with E-state index in [9.17, 15) is 20.0 Å². The summed E-state index contributed by atoms with van der Waals surface area (Å²) in [6, 6.07) is 4.33. The Kier molecular flexibility index (Phi) is 3.01. The summed E-state index contributed by atoms with van der Waals surface area (Å²) in [5.41, 5.74) is 1.14. The number of nitrogens with zero attached hydrogens (tertiary/aromatic N) is 1. The van der Waals surface area contributed by atoms with Crippen LogP contribution in [0, 0.1) is 10.1 Å². The van der Waals surface area contributed by atoms with Crippen molar-refractivity contribution >= 4 is 22.6 Å². The van der Waals surface area contributed by atoms with Crippen LogP contribution in [0.5, 0.6) is 0 Å². The van der Waals surface area contributed by atoms with Crippen LogP contribution in [-0.2, 0) is 4.79 Å². The number of benzene rings is 1. The van der Waals surface area contributed by atoms with Gasteiger partial charge in [0.05, 0.1) is 4.92 Å². The molecule has 0 saturated carbocycles. The summed E-state index contributed by atoms with van der Waals surface area (Å²) in [7, 11) is 0. The van der Waals surface area contributed by atoms with E-state index in [1.54, 1.807) is 19.2 Å². The van der Waals surface area contributed by atoms with Gasteiger partial charge in [-0.05, 0) is 18.1 Å². The molecule has 0 spiro atoms. The van der Waals surface area contributed by atoms with E-state index in [4.69, 9.17) is 0 Å². The average Bonchev–Trinajstić information content (AvgIpc) is 2.73. The number of aromatic nitrogens is 1. The summed E-state index contributed by atoms with van der Waals surface area (Å²) in [6.07, 6.45) is 1.94. The van der Waals surface area contributed by atoms with Crippen molar-refractivity contribution in [2.45, 2.75) is 19.3 Å². The molecule has 0 radical (unpaired) electrons. The number of aliphatic carboxylic acids is 1. The van der Waals surface area contributed by atoms with E-state index in [0.717, 1.165) is 0 Å². The van der Waals surface area contributed by atoms with Crippen molar-refractivity contribution in [2.75, 3.05) is 0 Å². The predicted molar refractivity (Wildman–Crippen MR) is 63.0 cm³/mol. The van der Waals surface area contributed by atoms with Crippen molar-refractivity contribution in [2.24, 2.45) is 0 Å². The Morgan fingerprint density at radius 1 is 1.50 bits per heavy atom. The average molecular weight is 247 g/mol. The number of non-ortho nitro benzene ring substituents is 1.